The summed E-state index contributed by atoms with van der Waals surface area (Å²) in [6.07, 6.45) is -4.65. The minimum atomic E-state index is -4.65. The number of para-hydroxylation sites is 1. The molecule has 1 amide bonds. The van der Waals surface area contributed by atoms with Crippen LogP contribution in [0.5, 0.6) is 0 Å². The van der Waals surface area contributed by atoms with Crippen LogP contribution in [0.15, 0.2) is 42.5 Å². The molecule has 0 saturated heterocycles. The van der Waals surface area contributed by atoms with E-state index in [0.717, 1.165) is 23.5 Å². The van der Waals surface area contributed by atoms with E-state index in [1.165, 1.54) is 30.3 Å². The van der Waals surface area contributed by atoms with Crippen molar-refractivity contribution in [2.75, 3.05) is 11.9 Å². The summed E-state index contributed by atoms with van der Waals surface area (Å²) in [5, 5.41) is 2.55. The van der Waals surface area contributed by atoms with Crippen LogP contribution in [0.3, 0.4) is 0 Å². The molecule has 0 bridgehead atoms. The molecule has 0 spiro atoms. The lowest BCUT2D eigenvalue weighted by molar-refractivity contribution is -0.137. The first-order chi connectivity index (χ1) is 13.2. The number of ether oxygens (including phenoxy) is 1. The Morgan fingerprint density at radius 2 is 1.86 bits per heavy atom. The van der Waals surface area contributed by atoms with E-state index < -0.39 is 41.7 Å². The van der Waals surface area contributed by atoms with Gasteiger partial charge in [-0.15, -0.1) is 11.3 Å². The fraction of sp³-hybridized carbons (Fsp3) is 0.111. The van der Waals surface area contributed by atoms with E-state index in [1.54, 1.807) is 0 Å². The molecule has 146 valence electrons. The first kappa shape index (κ1) is 20.1. The molecule has 0 aliphatic carbocycles. The van der Waals surface area contributed by atoms with Gasteiger partial charge in [-0.3, -0.25) is 4.79 Å². The van der Waals surface area contributed by atoms with Crippen molar-refractivity contribution in [3.63, 3.8) is 0 Å². The van der Waals surface area contributed by atoms with Crippen molar-refractivity contribution in [2.45, 2.75) is 6.18 Å². The third-order valence-corrected chi connectivity index (χ3v) is 5.26. The Balaban J connectivity index is 1.69. The van der Waals surface area contributed by atoms with Gasteiger partial charge in [-0.2, -0.15) is 13.2 Å². The van der Waals surface area contributed by atoms with Crippen molar-refractivity contribution in [3.8, 4) is 0 Å². The molecule has 0 aliphatic rings. The lowest BCUT2D eigenvalue weighted by atomic mass is 10.1. The van der Waals surface area contributed by atoms with E-state index in [2.05, 4.69) is 5.32 Å². The number of benzene rings is 2. The van der Waals surface area contributed by atoms with Crippen LogP contribution in [-0.4, -0.2) is 18.5 Å². The third-order valence-electron chi connectivity index (χ3n) is 3.62. The second-order valence-corrected chi connectivity index (χ2v) is 6.98. The molecule has 3 rings (SSSR count). The maximum Gasteiger partial charge on any atom is 0.418 e. The number of amides is 1. The zero-order valence-electron chi connectivity index (χ0n) is 13.8. The summed E-state index contributed by atoms with van der Waals surface area (Å²) in [5.41, 5.74) is -1.48. The number of hydrogen-bond donors (Lipinski definition) is 1. The molecule has 0 unspecified atom stereocenters. The number of nitrogens with one attached hydrogen (secondary N) is 1. The van der Waals surface area contributed by atoms with Gasteiger partial charge >= 0.3 is 12.1 Å². The second-order valence-electron chi connectivity index (χ2n) is 5.55. The Bertz CT molecular complexity index is 1060. The van der Waals surface area contributed by atoms with Crippen LogP contribution in [0.25, 0.3) is 10.1 Å². The summed E-state index contributed by atoms with van der Waals surface area (Å²) in [4.78, 5) is 24.0. The third kappa shape index (κ3) is 4.26. The minimum Gasteiger partial charge on any atom is -0.451 e. The number of thiophene rings is 1. The summed E-state index contributed by atoms with van der Waals surface area (Å²) in [6, 6.07) is 8.20. The zero-order chi connectivity index (χ0) is 20.5. The van der Waals surface area contributed by atoms with E-state index in [-0.39, 0.29) is 9.90 Å². The number of carbonyl (C=O) groups excluding carboxylic acids is 2. The quantitative estimate of drug-likeness (QED) is 0.438. The fourth-order valence-corrected chi connectivity index (χ4v) is 3.82. The molecular formula is C18H10ClF4NO3S. The van der Waals surface area contributed by atoms with Gasteiger partial charge in [0, 0.05) is 10.1 Å². The highest BCUT2D eigenvalue weighted by Gasteiger charge is 2.33. The molecule has 1 aromatic heterocycles. The Labute approximate surface area is 164 Å². The second kappa shape index (κ2) is 7.76. The maximum absolute atomic E-state index is 13.3. The van der Waals surface area contributed by atoms with Crippen LogP contribution < -0.4 is 5.32 Å². The van der Waals surface area contributed by atoms with E-state index in [4.69, 9.17) is 16.3 Å². The highest BCUT2D eigenvalue weighted by Crippen LogP contribution is 2.36. The van der Waals surface area contributed by atoms with Crippen LogP contribution in [0.4, 0.5) is 23.2 Å². The lowest BCUT2D eigenvalue weighted by Crippen LogP contribution is -2.22. The van der Waals surface area contributed by atoms with Crippen LogP contribution in [-0.2, 0) is 15.7 Å². The zero-order valence-corrected chi connectivity index (χ0v) is 15.3. The van der Waals surface area contributed by atoms with Crippen LogP contribution in [0.2, 0.25) is 5.02 Å². The maximum atomic E-state index is 13.3. The molecule has 10 heteroatoms. The molecule has 1 heterocycles. The van der Waals surface area contributed by atoms with Gasteiger partial charge < -0.3 is 10.1 Å². The first-order valence-corrected chi connectivity index (χ1v) is 8.87. The van der Waals surface area contributed by atoms with Crippen molar-refractivity contribution in [3.05, 3.63) is 63.7 Å². The van der Waals surface area contributed by atoms with Crippen molar-refractivity contribution in [1.82, 2.24) is 0 Å². The summed E-state index contributed by atoms with van der Waals surface area (Å²) >= 11 is 6.96. The highest BCUT2D eigenvalue weighted by atomic mass is 35.5. The number of anilines is 1. The Morgan fingerprint density at radius 3 is 2.57 bits per heavy atom. The Morgan fingerprint density at radius 1 is 1.14 bits per heavy atom. The molecule has 0 atom stereocenters. The van der Waals surface area contributed by atoms with Gasteiger partial charge in [-0.25, -0.2) is 9.18 Å². The number of alkyl halides is 3. The predicted molar refractivity (Wildman–Crippen MR) is 97.1 cm³/mol. The highest BCUT2D eigenvalue weighted by molar-refractivity contribution is 7.21. The fourth-order valence-electron chi connectivity index (χ4n) is 2.39. The van der Waals surface area contributed by atoms with E-state index in [1.807, 2.05) is 0 Å². The van der Waals surface area contributed by atoms with Gasteiger partial charge in [0.05, 0.1) is 16.3 Å². The monoisotopic (exact) mass is 431 g/mol. The summed E-state index contributed by atoms with van der Waals surface area (Å²) < 4.78 is 57.3. The molecule has 28 heavy (non-hydrogen) atoms. The van der Waals surface area contributed by atoms with E-state index >= 15 is 0 Å². The molecule has 0 aliphatic heterocycles. The van der Waals surface area contributed by atoms with Crippen LogP contribution in [0, 0.1) is 5.82 Å². The number of halogens is 5. The topological polar surface area (TPSA) is 55.4 Å². The average molecular weight is 432 g/mol. The first-order valence-electron chi connectivity index (χ1n) is 7.67. The van der Waals surface area contributed by atoms with E-state index in [0.29, 0.717) is 10.1 Å². The normalized spacial score (nSPS) is 11.5. The van der Waals surface area contributed by atoms with Crippen molar-refractivity contribution >= 4 is 50.6 Å². The van der Waals surface area contributed by atoms with E-state index in [9.17, 15) is 27.2 Å². The molecule has 4 nitrogen and oxygen atoms in total. The average Bonchev–Trinajstić information content (AvgIpc) is 2.95. The Hall–Kier alpha value is -2.65. The molecule has 1 N–H and O–H groups in total. The molecule has 0 saturated carbocycles. The van der Waals surface area contributed by atoms with Gasteiger partial charge in [-0.1, -0.05) is 23.7 Å². The standard InChI is InChI=1S/C18H10ClF4NO3S/c19-15-10-6-5-9(20)7-13(10)28-16(15)17(26)27-8-14(25)24-12-4-2-1-3-11(12)18(21,22)23/h1-7H,8H2,(H,24,25). The van der Waals surface area contributed by atoms with Gasteiger partial charge in [0.15, 0.2) is 6.61 Å². The molecule has 0 fully saturated rings. The van der Waals surface area contributed by atoms with Gasteiger partial charge in [0.2, 0.25) is 0 Å². The number of esters is 1. The summed E-state index contributed by atoms with van der Waals surface area (Å²) in [5.74, 6) is -2.40. The van der Waals surface area contributed by atoms with Crippen LogP contribution in [0.1, 0.15) is 15.2 Å². The number of hydrogen-bond acceptors (Lipinski definition) is 4. The van der Waals surface area contributed by atoms with Crippen molar-refractivity contribution in [2.24, 2.45) is 0 Å². The van der Waals surface area contributed by atoms with Crippen LogP contribution >= 0.6 is 22.9 Å². The number of fused-ring (bicyclic) bond motifs is 1. The molecular weight excluding hydrogens is 422 g/mol. The smallest absolute Gasteiger partial charge is 0.418 e. The summed E-state index contributed by atoms with van der Waals surface area (Å²) in [7, 11) is 0. The number of rotatable bonds is 4. The van der Waals surface area contributed by atoms with Crippen molar-refractivity contribution < 1.29 is 31.9 Å². The largest absolute Gasteiger partial charge is 0.451 e. The number of carbonyl (C=O) groups is 2. The van der Waals surface area contributed by atoms with Gasteiger partial charge in [-0.05, 0) is 30.3 Å². The minimum absolute atomic E-state index is 0.0363. The molecule has 2 aromatic carbocycles. The van der Waals surface area contributed by atoms with Crippen molar-refractivity contribution in [1.29, 1.82) is 0 Å². The molecule has 0 radical (unpaired) electrons. The van der Waals surface area contributed by atoms with Gasteiger partial charge in [0.25, 0.3) is 5.91 Å². The Kier molecular flexibility index (Phi) is 5.57. The lowest BCUT2D eigenvalue weighted by Gasteiger charge is -2.13. The predicted octanol–water partition coefficient (Wildman–Crippen LogP) is 5.51. The summed E-state index contributed by atoms with van der Waals surface area (Å²) in [6.45, 7) is -0.816. The molecule has 3 aromatic rings. The SMILES string of the molecule is O=C(COC(=O)c1sc2cc(F)ccc2c1Cl)Nc1ccccc1C(F)(F)F. The van der Waals surface area contributed by atoms with Gasteiger partial charge in [0.1, 0.15) is 10.7 Å².